The average molecular weight is 506 g/mol. The van der Waals surface area contributed by atoms with E-state index in [-0.39, 0.29) is 33.2 Å². The summed E-state index contributed by atoms with van der Waals surface area (Å²) in [5.74, 6) is -0.314. The highest BCUT2D eigenvalue weighted by Crippen LogP contribution is 2.41. The second kappa shape index (κ2) is 11.8. The predicted octanol–water partition coefficient (Wildman–Crippen LogP) is 5.35. The van der Waals surface area contributed by atoms with Crippen LogP contribution in [-0.2, 0) is 15.7 Å². The average Bonchev–Trinajstić information content (AvgIpc) is 2.84. The fraction of sp³-hybridized carbons (Fsp3) is 0.292. The van der Waals surface area contributed by atoms with Crippen LogP contribution in [0.4, 0.5) is 13.2 Å². The van der Waals surface area contributed by atoms with Crippen molar-refractivity contribution >= 4 is 29.3 Å². The van der Waals surface area contributed by atoms with Crippen LogP contribution in [0, 0.1) is 16.7 Å². The number of nitriles is 1. The number of methoxy groups -OCH3 is 1. The zero-order chi connectivity index (χ0) is 25.4. The number of carbonyl (C=O) groups is 1. The first-order valence-electron chi connectivity index (χ1n) is 10.5. The zero-order valence-electron chi connectivity index (χ0n) is 18.6. The van der Waals surface area contributed by atoms with Crippen molar-refractivity contribution in [3.63, 3.8) is 0 Å². The number of rotatable bonds is 7. The third-order valence-electron chi connectivity index (χ3n) is 5.02. The molecule has 0 aliphatic carbocycles. The second-order valence-electron chi connectivity index (χ2n) is 7.46. The topological polar surface area (TPSA) is 104 Å². The maximum Gasteiger partial charge on any atom is 0.420 e. The van der Waals surface area contributed by atoms with Crippen molar-refractivity contribution in [1.29, 1.82) is 10.7 Å². The Morgan fingerprint density at radius 1 is 1.20 bits per heavy atom. The van der Waals surface area contributed by atoms with Gasteiger partial charge >= 0.3 is 6.18 Å². The lowest BCUT2D eigenvalue weighted by Gasteiger charge is -2.23. The normalized spacial score (nSPS) is 14.7. The third-order valence-corrected chi connectivity index (χ3v) is 5.79. The molecule has 184 valence electrons. The van der Waals surface area contributed by atoms with Crippen molar-refractivity contribution in [2.75, 3.05) is 20.3 Å². The van der Waals surface area contributed by atoms with E-state index in [1.807, 2.05) is 0 Å². The van der Waals surface area contributed by atoms with Crippen LogP contribution in [0.15, 0.2) is 41.3 Å². The molecule has 0 radical (unpaired) electrons. The van der Waals surface area contributed by atoms with Crippen molar-refractivity contribution in [2.24, 2.45) is 0 Å². The molecule has 0 bridgehead atoms. The summed E-state index contributed by atoms with van der Waals surface area (Å²) in [6.45, 7) is 1.24. The van der Waals surface area contributed by atoms with Gasteiger partial charge in [0.2, 0.25) is 0 Å². The van der Waals surface area contributed by atoms with Gasteiger partial charge in [0.05, 0.1) is 29.2 Å². The lowest BCUT2D eigenvalue weighted by atomic mass is 10.1. The van der Waals surface area contributed by atoms with Crippen molar-refractivity contribution < 1.29 is 32.2 Å². The monoisotopic (exact) mass is 505 g/mol. The van der Waals surface area contributed by atoms with E-state index in [9.17, 15) is 18.0 Å². The minimum Gasteiger partial charge on any atom is -0.493 e. The van der Waals surface area contributed by atoms with Gasteiger partial charge in [0, 0.05) is 19.3 Å². The largest absolute Gasteiger partial charge is 0.493 e. The molecular formula is C24H22F3N3O4S. The van der Waals surface area contributed by atoms with Crippen LogP contribution in [0.25, 0.3) is 6.08 Å². The Bertz CT molecular complexity index is 1160. The lowest BCUT2D eigenvalue weighted by Crippen LogP contribution is -2.37. The molecule has 0 unspecified atom stereocenters. The van der Waals surface area contributed by atoms with Crippen molar-refractivity contribution in [3.05, 3.63) is 58.0 Å². The number of amidine groups is 1. The first kappa shape index (κ1) is 26.1. The summed E-state index contributed by atoms with van der Waals surface area (Å²) in [5.41, 5.74) is -0.704. The van der Waals surface area contributed by atoms with E-state index in [0.29, 0.717) is 25.1 Å². The van der Waals surface area contributed by atoms with Gasteiger partial charge in [-0.05, 0) is 66.6 Å². The number of allylic oxidation sites excluding steroid dienone is 1. The van der Waals surface area contributed by atoms with Crippen LogP contribution in [0.1, 0.15) is 29.5 Å². The number of hydrogen-bond donors (Lipinski definition) is 2. The van der Waals surface area contributed by atoms with Gasteiger partial charge in [0.25, 0.3) is 0 Å². The minimum absolute atomic E-state index is 0.0223. The molecule has 0 spiro atoms. The number of alkyl halides is 3. The van der Waals surface area contributed by atoms with Gasteiger partial charge in [-0.2, -0.15) is 18.4 Å². The number of ether oxygens (including phenoxy) is 3. The molecule has 1 aliphatic rings. The minimum atomic E-state index is -4.72. The first-order valence-corrected chi connectivity index (χ1v) is 11.3. The molecule has 2 aromatic rings. The van der Waals surface area contributed by atoms with Crippen LogP contribution in [-0.4, -0.2) is 37.8 Å². The summed E-state index contributed by atoms with van der Waals surface area (Å²) < 4.78 is 56.4. The highest BCUT2D eigenvalue weighted by molar-refractivity contribution is 8.17. The number of nitrogens with zero attached hydrogens (tertiary/aromatic N) is 1. The Balaban J connectivity index is 1.79. The van der Waals surface area contributed by atoms with E-state index in [4.69, 9.17) is 24.9 Å². The molecule has 0 saturated carbocycles. The summed E-state index contributed by atoms with van der Waals surface area (Å²) in [6, 6.07) is 9.28. The van der Waals surface area contributed by atoms with E-state index in [2.05, 4.69) is 5.32 Å². The van der Waals surface area contributed by atoms with Gasteiger partial charge in [0.1, 0.15) is 5.75 Å². The van der Waals surface area contributed by atoms with Crippen LogP contribution >= 0.6 is 11.8 Å². The summed E-state index contributed by atoms with van der Waals surface area (Å²) in [4.78, 5) is 11.8. The summed E-state index contributed by atoms with van der Waals surface area (Å²) in [7, 11) is 1.34. The summed E-state index contributed by atoms with van der Waals surface area (Å²) >= 11 is 0.963. The molecule has 0 atom stereocenters. The molecule has 0 aromatic heterocycles. The molecule has 1 heterocycles. The predicted molar refractivity (Wildman–Crippen MR) is 126 cm³/mol. The summed E-state index contributed by atoms with van der Waals surface area (Å²) in [6.07, 6.45) is -1.02. The number of nitrogens with one attached hydrogen (secondary N) is 2. The molecule has 35 heavy (non-hydrogen) atoms. The van der Waals surface area contributed by atoms with Gasteiger partial charge in [-0.25, -0.2) is 0 Å². The number of hydrogen-bond acceptors (Lipinski definition) is 7. The van der Waals surface area contributed by atoms with Crippen molar-refractivity contribution in [1.82, 2.24) is 5.32 Å². The lowest BCUT2D eigenvalue weighted by molar-refractivity contribution is -0.138. The number of thioether (sulfide) groups is 1. The van der Waals surface area contributed by atoms with Crippen LogP contribution in [0.2, 0.25) is 0 Å². The standard InChI is InChI=1S/C24H22F3N3O4S/c1-32-22-12-15(10-18(14-31)35-23(29)30-17-6-8-33-9-7-17)2-5-21(22)34-20-4-3-16(13-28)11-19(20)24(25,26)27/h2-5,10-12,14,17H,6-9H2,1H3,(H2,29,30)/b18-10-. The van der Waals surface area contributed by atoms with Crippen LogP contribution in [0.3, 0.4) is 0 Å². The molecule has 7 nitrogen and oxygen atoms in total. The van der Waals surface area contributed by atoms with E-state index < -0.39 is 17.5 Å². The number of halogens is 3. The maximum absolute atomic E-state index is 13.5. The Labute approximate surface area is 204 Å². The third kappa shape index (κ3) is 7.24. The number of aldehydes is 1. The molecule has 1 fully saturated rings. The van der Waals surface area contributed by atoms with Crippen molar-refractivity contribution in [3.8, 4) is 23.3 Å². The highest BCUT2D eigenvalue weighted by atomic mass is 32.2. The zero-order valence-corrected chi connectivity index (χ0v) is 19.5. The van der Waals surface area contributed by atoms with Gasteiger partial charge < -0.3 is 19.5 Å². The van der Waals surface area contributed by atoms with E-state index in [1.54, 1.807) is 12.1 Å². The van der Waals surface area contributed by atoms with Crippen LogP contribution < -0.4 is 14.8 Å². The molecule has 1 saturated heterocycles. The highest BCUT2D eigenvalue weighted by Gasteiger charge is 2.35. The molecule has 2 N–H and O–H groups in total. The Kier molecular flexibility index (Phi) is 8.78. The van der Waals surface area contributed by atoms with E-state index >= 15 is 0 Å². The molecule has 11 heteroatoms. The molecule has 0 amide bonds. The first-order chi connectivity index (χ1) is 16.7. The Hall–Kier alpha value is -3.49. The van der Waals surface area contributed by atoms with E-state index in [0.717, 1.165) is 36.7 Å². The number of benzene rings is 2. The van der Waals surface area contributed by atoms with Gasteiger partial charge in [-0.1, -0.05) is 6.07 Å². The fourth-order valence-electron chi connectivity index (χ4n) is 3.31. The molecular weight excluding hydrogens is 483 g/mol. The van der Waals surface area contributed by atoms with E-state index in [1.165, 1.54) is 31.4 Å². The SMILES string of the molecule is COc1cc(/C=C(/C=O)SC(=N)NC2CCOCC2)ccc1Oc1ccc(C#N)cc1C(F)(F)F. The molecule has 3 rings (SSSR count). The maximum atomic E-state index is 13.5. The Morgan fingerprint density at radius 3 is 2.54 bits per heavy atom. The fourth-order valence-corrected chi connectivity index (χ4v) is 4.02. The van der Waals surface area contributed by atoms with Crippen LogP contribution in [0.5, 0.6) is 17.2 Å². The summed E-state index contributed by atoms with van der Waals surface area (Å²) in [5, 5.41) is 20.2. The molecule has 1 aliphatic heterocycles. The molecule has 2 aromatic carbocycles. The Morgan fingerprint density at radius 2 is 1.91 bits per heavy atom. The van der Waals surface area contributed by atoms with Gasteiger partial charge in [-0.15, -0.1) is 0 Å². The van der Waals surface area contributed by atoms with Gasteiger partial charge in [0.15, 0.2) is 23.0 Å². The smallest absolute Gasteiger partial charge is 0.420 e. The van der Waals surface area contributed by atoms with Crippen molar-refractivity contribution in [2.45, 2.75) is 25.1 Å². The second-order valence-corrected chi connectivity index (χ2v) is 8.54. The number of carbonyl (C=O) groups excluding carboxylic acids is 1. The van der Waals surface area contributed by atoms with Gasteiger partial charge in [-0.3, -0.25) is 10.2 Å². The quantitative estimate of drug-likeness (QED) is 0.226.